The second kappa shape index (κ2) is 6.57. The highest BCUT2D eigenvalue weighted by Crippen LogP contribution is 2.19. The second-order valence-electron chi connectivity index (χ2n) is 5.46. The number of morpholine rings is 1. The van der Waals surface area contributed by atoms with Crippen LogP contribution in [0.2, 0.25) is 5.02 Å². The summed E-state index contributed by atoms with van der Waals surface area (Å²) in [6.07, 6.45) is 0.340. The van der Waals surface area contributed by atoms with Crippen molar-refractivity contribution in [3.8, 4) is 0 Å². The Bertz CT molecular complexity index is 483. The van der Waals surface area contributed by atoms with E-state index in [0.29, 0.717) is 11.6 Å². The van der Waals surface area contributed by atoms with Gasteiger partial charge in [-0.2, -0.15) is 0 Å². The highest BCUT2D eigenvalue weighted by molar-refractivity contribution is 6.30. The molecule has 1 amide bonds. The summed E-state index contributed by atoms with van der Waals surface area (Å²) >= 11 is 5.91. The number of rotatable bonds is 3. The molecule has 1 N–H and O–H groups in total. The summed E-state index contributed by atoms with van der Waals surface area (Å²) in [6, 6.07) is 5.46. The molecule has 1 aliphatic heterocycles. The molecule has 0 radical (unpaired) electrons. The lowest BCUT2D eigenvalue weighted by atomic mass is 10.2. The molecule has 0 saturated carbocycles. The van der Waals surface area contributed by atoms with Gasteiger partial charge in [0.15, 0.2) is 0 Å². The van der Waals surface area contributed by atoms with Gasteiger partial charge < -0.3 is 10.1 Å². The molecule has 2 atom stereocenters. The van der Waals surface area contributed by atoms with Crippen LogP contribution in [0.25, 0.3) is 0 Å². The van der Waals surface area contributed by atoms with Crippen molar-refractivity contribution in [1.29, 1.82) is 0 Å². The topological polar surface area (TPSA) is 41.6 Å². The molecular weight excluding hydrogens is 276 g/mol. The van der Waals surface area contributed by atoms with Gasteiger partial charge >= 0.3 is 0 Å². The Morgan fingerprint density at radius 3 is 2.65 bits per heavy atom. The summed E-state index contributed by atoms with van der Waals surface area (Å²) in [4.78, 5) is 14.2. The largest absolute Gasteiger partial charge is 0.373 e. The molecule has 4 nitrogen and oxygen atoms in total. The molecule has 20 heavy (non-hydrogen) atoms. The van der Waals surface area contributed by atoms with E-state index in [2.05, 4.69) is 10.2 Å². The van der Waals surface area contributed by atoms with Crippen molar-refractivity contribution in [3.63, 3.8) is 0 Å². The van der Waals surface area contributed by atoms with E-state index in [1.54, 1.807) is 6.07 Å². The van der Waals surface area contributed by atoms with E-state index in [9.17, 15) is 4.79 Å². The third-order valence-corrected chi connectivity index (χ3v) is 3.56. The van der Waals surface area contributed by atoms with Crippen molar-refractivity contribution in [2.24, 2.45) is 0 Å². The van der Waals surface area contributed by atoms with E-state index >= 15 is 0 Å². The number of hydrogen-bond acceptors (Lipinski definition) is 3. The Morgan fingerprint density at radius 2 is 2.05 bits per heavy atom. The molecule has 0 bridgehead atoms. The van der Waals surface area contributed by atoms with Crippen LogP contribution in [0.15, 0.2) is 18.2 Å². The molecule has 1 fully saturated rings. The van der Waals surface area contributed by atoms with Gasteiger partial charge in [0, 0.05) is 23.8 Å². The van der Waals surface area contributed by atoms with Crippen LogP contribution in [0, 0.1) is 6.92 Å². The number of carbonyl (C=O) groups is 1. The fraction of sp³-hybridized carbons (Fsp3) is 0.533. The number of benzene rings is 1. The van der Waals surface area contributed by atoms with E-state index in [-0.39, 0.29) is 18.1 Å². The number of anilines is 1. The van der Waals surface area contributed by atoms with Crippen LogP contribution in [0.3, 0.4) is 0 Å². The zero-order valence-corrected chi connectivity index (χ0v) is 12.9. The average Bonchev–Trinajstić information content (AvgIpc) is 2.31. The zero-order valence-electron chi connectivity index (χ0n) is 12.1. The number of nitrogens with one attached hydrogen (secondary N) is 1. The van der Waals surface area contributed by atoms with Gasteiger partial charge in [0.2, 0.25) is 5.91 Å². The molecular formula is C15H21ClN2O2. The SMILES string of the molecule is Cc1cc(Cl)ccc1NC(=O)CN1C[C@@H](C)O[C@@H](C)C1. The number of hydrogen-bond donors (Lipinski definition) is 1. The standard InChI is InChI=1S/C15H21ClN2O2/c1-10-6-13(16)4-5-14(10)17-15(19)9-18-7-11(2)20-12(3)8-18/h4-6,11-12H,7-9H2,1-3H3,(H,17,19)/t11-,12+. The smallest absolute Gasteiger partial charge is 0.238 e. The molecule has 1 aromatic carbocycles. The van der Waals surface area contributed by atoms with E-state index < -0.39 is 0 Å². The van der Waals surface area contributed by atoms with Gasteiger partial charge in [-0.3, -0.25) is 9.69 Å². The highest BCUT2D eigenvalue weighted by Gasteiger charge is 2.23. The van der Waals surface area contributed by atoms with Crippen LogP contribution in [0.5, 0.6) is 0 Å². The first-order valence-electron chi connectivity index (χ1n) is 6.88. The van der Waals surface area contributed by atoms with Crippen molar-refractivity contribution in [1.82, 2.24) is 4.90 Å². The van der Waals surface area contributed by atoms with Gasteiger partial charge in [0.1, 0.15) is 0 Å². The molecule has 1 aromatic rings. The first kappa shape index (κ1) is 15.3. The van der Waals surface area contributed by atoms with E-state index in [0.717, 1.165) is 24.3 Å². The summed E-state index contributed by atoms with van der Waals surface area (Å²) in [6.45, 7) is 7.96. The minimum Gasteiger partial charge on any atom is -0.373 e. The molecule has 1 aliphatic rings. The predicted molar refractivity (Wildman–Crippen MR) is 81.3 cm³/mol. The lowest BCUT2D eigenvalue weighted by molar-refractivity contribution is -0.121. The van der Waals surface area contributed by atoms with Crippen molar-refractivity contribution in [3.05, 3.63) is 28.8 Å². The Labute approximate surface area is 125 Å². The fourth-order valence-electron chi connectivity index (χ4n) is 2.57. The summed E-state index contributed by atoms with van der Waals surface area (Å²) in [5.74, 6) is -0.00303. The fourth-order valence-corrected chi connectivity index (χ4v) is 2.80. The van der Waals surface area contributed by atoms with Crippen LogP contribution >= 0.6 is 11.6 Å². The highest BCUT2D eigenvalue weighted by atomic mass is 35.5. The molecule has 1 saturated heterocycles. The number of amides is 1. The Balaban J connectivity index is 1.92. The van der Waals surface area contributed by atoms with Crippen molar-refractivity contribution >= 4 is 23.2 Å². The van der Waals surface area contributed by atoms with Gasteiger partial charge in [-0.15, -0.1) is 0 Å². The third-order valence-electron chi connectivity index (χ3n) is 3.32. The summed E-state index contributed by atoms with van der Waals surface area (Å²) in [7, 11) is 0. The van der Waals surface area contributed by atoms with E-state index in [4.69, 9.17) is 16.3 Å². The maximum Gasteiger partial charge on any atom is 0.238 e. The Kier molecular flexibility index (Phi) is 5.02. The van der Waals surface area contributed by atoms with Gasteiger partial charge in [-0.1, -0.05) is 11.6 Å². The molecule has 1 heterocycles. The second-order valence-corrected chi connectivity index (χ2v) is 5.90. The Morgan fingerprint density at radius 1 is 1.40 bits per heavy atom. The van der Waals surface area contributed by atoms with Gasteiger partial charge in [0.05, 0.1) is 18.8 Å². The Hall–Kier alpha value is -1.10. The number of aryl methyl sites for hydroxylation is 1. The van der Waals surface area contributed by atoms with Crippen LogP contribution in [-0.4, -0.2) is 42.6 Å². The molecule has 0 unspecified atom stereocenters. The van der Waals surface area contributed by atoms with Crippen LogP contribution < -0.4 is 5.32 Å². The zero-order chi connectivity index (χ0) is 14.7. The maximum atomic E-state index is 12.1. The molecule has 0 aromatic heterocycles. The van der Waals surface area contributed by atoms with Crippen LogP contribution in [0.1, 0.15) is 19.4 Å². The quantitative estimate of drug-likeness (QED) is 0.932. The first-order valence-corrected chi connectivity index (χ1v) is 7.25. The van der Waals surface area contributed by atoms with Gasteiger partial charge in [-0.25, -0.2) is 0 Å². The number of nitrogens with zero attached hydrogens (tertiary/aromatic N) is 1. The summed E-state index contributed by atoms with van der Waals surface area (Å²) in [5, 5.41) is 3.61. The molecule has 110 valence electrons. The lowest BCUT2D eigenvalue weighted by Gasteiger charge is -2.34. The van der Waals surface area contributed by atoms with Gasteiger partial charge in [0.25, 0.3) is 0 Å². The van der Waals surface area contributed by atoms with Crippen LogP contribution in [-0.2, 0) is 9.53 Å². The van der Waals surface area contributed by atoms with Crippen LogP contribution in [0.4, 0.5) is 5.69 Å². The normalized spacial score (nSPS) is 23.6. The molecule has 5 heteroatoms. The minimum atomic E-state index is -0.00303. The third kappa shape index (κ3) is 4.20. The summed E-state index contributed by atoms with van der Waals surface area (Å²) < 4.78 is 5.66. The maximum absolute atomic E-state index is 12.1. The number of carbonyl (C=O) groups excluding carboxylic acids is 1. The average molecular weight is 297 g/mol. The lowest BCUT2D eigenvalue weighted by Crippen LogP contribution is -2.48. The minimum absolute atomic E-state index is 0.00303. The summed E-state index contributed by atoms with van der Waals surface area (Å²) in [5.41, 5.74) is 1.78. The molecule has 0 aliphatic carbocycles. The molecule has 0 spiro atoms. The molecule has 2 rings (SSSR count). The predicted octanol–water partition coefficient (Wildman–Crippen LogP) is 2.70. The number of ether oxygens (including phenoxy) is 1. The van der Waals surface area contributed by atoms with Crippen molar-refractivity contribution in [2.75, 3.05) is 25.0 Å². The monoisotopic (exact) mass is 296 g/mol. The van der Waals surface area contributed by atoms with Gasteiger partial charge in [-0.05, 0) is 44.5 Å². The van der Waals surface area contributed by atoms with E-state index in [1.807, 2.05) is 32.9 Å². The van der Waals surface area contributed by atoms with E-state index in [1.165, 1.54) is 0 Å². The first-order chi connectivity index (χ1) is 9.44. The van der Waals surface area contributed by atoms with Crippen molar-refractivity contribution < 1.29 is 9.53 Å². The van der Waals surface area contributed by atoms with Crippen molar-refractivity contribution in [2.45, 2.75) is 33.0 Å². The number of halogens is 1.